The van der Waals surface area contributed by atoms with E-state index in [-0.39, 0.29) is 35.1 Å². The Bertz CT molecular complexity index is 945. The van der Waals surface area contributed by atoms with Crippen molar-refractivity contribution in [2.24, 2.45) is 29.6 Å². The summed E-state index contributed by atoms with van der Waals surface area (Å²) in [6.45, 7) is 0. The molecule has 0 saturated heterocycles. The third-order valence-corrected chi connectivity index (χ3v) is 8.44. The fraction of sp³-hybridized carbons (Fsp3) is 0.500. The monoisotopic (exact) mass is 414 g/mol. The molecule has 0 aliphatic heterocycles. The molecular formula is C28H30O3. The van der Waals surface area contributed by atoms with E-state index < -0.39 is 0 Å². The quantitative estimate of drug-likeness (QED) is 0.443. The van der Waals surface area contributed by atoms with Crippen LogP contribution in [-0.2, 0) is 9.53 Å². The summed E-state index contributed by atoms with van der Waals surface area (Å²) in [5.41, 5.74) is 1.67. The van der Waals surface area contributed by atoms with Gasteiger partial charge in [0.15, 0.2) is 5.78 Å². The molecule has 0 amide bonds. The van der Waals surface area contributed by atoms with Crippen LogP contribution in [0.4, 0.5) is 0 Å². The fourth-order valence-corrected chi connectivity index (χ4v) is 7.47. The summed E-state index contributed by atoms with van der Waals surface area (Å²) in [7, 11) is 0. The van der Waals surface area contributed by atoms with E-state index in [1.54, 1.807) is 0 Å². The van der Waals surface area contributed by atoms with Crippen LogP contribution in [0.3, 0.4) is 0 Å². The fourth-order valence-electron chi connectivity index (χ4n) is 7.47. The van der Waals surface area contributed by atoms with Gasteiger partial charge in [0.05, 0.1) is 5.92 Å². The van der Waals surface area contributed by atoms with Crippen LogP contribution in [0.1, 0.15) is 66.8 Å². The summed E-state index contributed by atoms with van der Waals surface area (Å²) in [6, 6.07) is 19.7. The largest absolute Gasteiger partial charge is 0.459 e. The van der Waals surface area contributed by atoms with E-state index >= 15 is 0 Å². The van der Waals surface area contributed by atoms with E-state index in [0.29, 0.717) is 6.42 Å². The van der Waals surface area contributed by atoms with Crippen LogP contribution in [0.5, 0.6) is 0 Å². The first kappa shape index (κ1) is 19.3. The minimum Gasteiger partial charge on any atom is -0.459 e. The van der Waals surface area contributed by atoms with Gasteiger partial charge < -0.3 is 4.74 Å². The molecule has 3 heteroatoms. The third-order valence-electron chi connectivity index (χ3n) is 8.44. The van der Waals surface area contributed by atoms with Gasteiger partial charge in [0.2, 0.25) is 0 Å². The number of Topliss-reactive ketones (excluding diaryl/α,β-unsaturated/α-hetero) is 1. The van der Waals surface area contributed by atoms with Gasteiger partial charge in [-0.25, -0.2) is 0 Å². The second-order valence-corrected chi connectivity index (χ2v) is 10.6. The molecular weight excluding hydrogens is 384 g/mol. The van der Waals surface area contributed by atoms with Crippen molar-refractivity contribution in [3.05, 3.63) is 71.8 Å². The molecule has 2 aromatic rings. The van der Waals surface area contributed by atoms with Crippen molar-refractivity contribution in [2.45, 2.75) is 56.5 Å². The highest BCUT2D eigenvalue weighted by Crippen LogP contribution is 2.60. The van der Waals surface area contributed by atoms with Gasteiger partial charge in [-0.15, -0.1) is 0 Å². The molecule has 0 unspecified atom stereocenters. The topological polar surface area (TPSA) is 43.4 Å². The number of carbonyl (C=O) groups excluding carboxylic acids is 2. The van der Waals surface area contributed by atoms with Gasteiger partial charge in [0.1, 0.15) is 5.60 Å². The predicted molar refractivity (Wildman–Crippen MR) is 119 cm³/mol. The van der Waals surface area contributed by atoms with Gasteiger partial charge in [-0.2, -0.15) is 0 Å². The van der Waals surface area contributed by atoms with Gasteiger partial charge in [-0.05, 0) is 67.8 Å². The number of ether oxygens (including phenoxy) is 1. The Morgan fingerprint density at radius 3 is 1.94 bits per heavy atom. The van der Waals surface area contributed by atoms with Crippen molar-refractivity contribution in [2.75, 3.05) is 0 Å². The first-order valence-corrected chi connectivity index (χ1v) is 12.0. The zero-order valence-electron chi connectivity index (χ0n) is 17.9. The Labute approximate surface area is 184 Å². The second-order valence-electron chi connectivity index (χ2n) is 10.6. The lowest BCUT2D eigenvalue weighted by atomic mass is 9.54. The van der Waals surface area contributed by atoms with Gasteiger partial charge >= 0.3 is 5.97 Å². The second kappa shape index (κ2) is 7.32. The van der Waals surface area contributed by atoms with Crippen LogP contribution >= 0.6 is 0 Å². The Kier molecular flexibility index (Phi) is 4.55. The molecule has 0 heterocycles. The third kappa shape index (κ3) is 3.52. The summed E-state index contributed by atoms with van der Waals surface area (Å²) in [5, 5.41) is 0. The summed E-state index contributed by atoms with van der Waals surface area (Å²) in [4.78, 5) is 26.4. The van der Waals surface area contributed by atoms with Crippen molar-refractivity contribution >= 4 is 11.8 Å². The SMILES string of the molecule is O=C(C[C@H]1[C@H](C(=O)OC23CC4CC(CC(C4)C2)C3)[C@H]1c1ccccc1)c1ccccc1. The van der Waals surface area contributed by atoms with E-state index in [2.05, 4.69) is 12.1 Å². The molecule has 0 N–H and O–H groups in total. The molecule has 2 aromatic carbocycles. The molecule has 4 bridgehead atoms. The van der Waals surface area contributed by atoms with Gasteiger partial charge in [0.25, 0.3) is 0 Å². The number of hydrogen-bond acceptors (Lipinski definition) is 3. The van der Waals surface area contributed by atoms with Crippen LogP contribution < -0.4 is 0 Å². The van der Waals surface area contributed by atoms with Crippen LogP contribution in [0.25, 0.3) is 0 Å². The maximum absolute atomic E-state index is 13.5. The molecule has 31 heavy (non-hydrogen) atoms. The van der Waals surface area contributed by atoms with E-state index in [4.69, 9.17) is 4.74 Å². The normalized spacial score (nSPS) is 37.4. The first-order chi connectivity index (χ1) is 15.1. The number of benzene rings is 2. The zero-order chi connectivity index (χ0) is 21.0. The molecule has 5 saturated carbocycles. The van der Waals surface area contributed by atoms with Crippen LogP contribution in [0.15, 0.2) is 60.7 Å². The Hall–Kier alpha value is -2.42. The standard InChI is InChI=1S/C28H30O3/c29-24(21-7-3-1-4-8-21)14-23-25(22-9-5-2-6-10-22)26(23)27(30)31-28-15-18-11-19(16-28)13-20(12-18)17-28/h1-10,18-20,23,25-26H,11-17H2/t18?,19?,20?,23-,25+,26+,28?/m1/s1. The smallest absolute Gasteiger partial charge is 0.310 e. The van der Waals surface area contributed by atoms with Crippen molar-refractivity contribution in [3.63, 3.8) is 0 Å². The van der Waals surface area contributed by atoms with E-state index in [1.165, 1.54) is 19.3 Å². The molecule has 0 radical (unpaired) electrons. The Morgan fingerprint density at radius 1 is 0.806 bits per heavy atom. The summed E-state index contributed by atoms with van der Waals surface area (Å²) in [5.74, 6) is 2.25. The van der Waals surface area contributed by atoms with Crippen LogP contribution in [0, 0.1) is 29.6 Å². The zero-order valence-corrected chi connectivity index (χ0v) is 17.9. The number of esters is 1. The first-order valence-electron chi connectivity index (χ1n) is 12.0. The van der Waals surface area contributed by atoms with Crippen molar-refractivity contribution < 1.29 is 14.3 Å². The molecule has 3 nitrogen and oxygen atoms in total. The Balaban J connectivity index is 1.21. The van der Waals surface area contributed by atoms with Gasteiger partial charge in [-0.1, -0.05) is 60.7 Å². The predicted octanol–water partition coefficient (Wildman–Crippen LogP) is 5.80. The van der Waals surface area contributed by atoms with Crippen LogP contribution in [-0.4, -0.2) is 17.4 Å². The van der Waals surface area contributed by atoms with Crippen LogP contribution in [0.2, 0.25) is 0 Å². The molecule has 0 aromatic heterocycles. The number of hydrogen-bond donors (Lipinski definition) is 0. The summed E-state index contributed by atoms with van der Waals surface area (Å²) >= 11 is 0. The van der Waals surface area contributed by atoms with Crippen molar-refractivity contribution in [1.29, 1.82) is 0 Å². The van der Waals surface area contributed by atoms with E-state index in [0.717, 1.165) is 48.1 Å². The van der Waals surface area contributed by atoms with Crippen molar-refractivity contribution in [3.8, 4) is 0 Å². The molecule has 160 valence electrons. The lowest BCUT2D eigenvalue weighted by molar-refractivity contribution is -0.188. The molecule has 5 aliphatic carbocycles. The highest BCUT2D eigenvalue weighted by molar-refractivity contribution is 5.97. The van der Waals surface area contributed by atoms with E-state index in [1.807, 2.05) is 48.5 Å². The molecule has 5 fully saturated rings. The van der Waals surface area contributed by atoms with Crippen molar-refractivity contribution in [1.82, 2.24) is 0 Å². The van der Waals surface area contributed by atoms with Gasteiger partial charge in [0, 0.05) is 17.9 Å². The molecule has 5 aliphatic rings. The minimum absolute atomic E-state index is 0.0384. The number of carbonyl (C=O) groups is 2. The highest BCUT2D eigenvalue weighted by atomic mass is 16.6. The average Bonchev–Trinajstić information content (AvgIpc) is 3.47. The lowest BCUT2D eigenvalue weighted by Gasteiger charge is -2.55. The maximum Gasteiger partial charge on any atom is 0.310 e. The molecule has 7 rings (SSSR count). The highest BCUT2D eigenvalue weighted by Gasteiger charge is 2.60. The molecule has 0 spiro atoms. The van der Waals surface area contributed by atoms with Gasteiger partial charge in [-0.3, -0.25) is 9.59 Å². The molecule has 3 atom stereocenters. The maximum atomic E-state index is 13.5. The number of rotatable bonds is 6. The summed E-state index contributed by atoms with van der Waals surface area (Å²) < 4.78 is 6.39. The average molecular weight is 415 g/mol. The Morgan fingerprint density at radius 2 is 1.35 bits per heavy atom. The summed E-state index contributed by atoms with van der Waals surface area (Å²) in [6.07, 6.45) is 7.58. The number of ketones is 1. The van der Waals surface area contributed by atoms with E-state index in [9.17, 15) is 9.59 Å². The lowest BCUT2D eigenvalue weighted by Crippen LogP contribution is -2.53. The minimum atomic E-state index is -0.219.